The van der Waals surface area contributed by atoms with Gasteiger partial charge < -0.3 is 28.4 Å². The molecule has 4 atom stereocenters. The van der Waals surface area contributed by atoms with Crippen molar-refractivity contribution in [3.63, 3.8) is 0 Å². The highest BCUT2D eigenvalue weighted by Gasteiger charge is 2.47. The third kappa shape index (κ3) is 5.63. The second kappa shape index (κ2) is 12.2. The number of benzene rings is 4. The highest BCUT2D eigenvalue weighted by Crippen LogP contribution is 2.51. The van der Waals surface area contributed by atoms with Crippen molar-refractivity contribution in [2.45, 2.75) is 31.8 Å². The molecule has 1 heterocycles. The summed E-state index contributed by atoms with van der Waals surface area (Å²) < 4.78 is 36.0. The lowest BCUT2D eigenvalue weighted by atomic mass is 9.67. The minimum absolute atomic E-state index is 0.0611. The largest absolute Gasteiger partial charge is 0.493 e. The average molecular weight is 553 g/mol. The van der Waals surface area contributed by atoms with Gasteiger partial charge >= 0.3 is 0 Å². The van der Waals surface area contributed by atoms with Gasteiger partial charge in [0.2, 0.25) is 0 Å². The Bertz CT molecular complexity index is 1450. The van der Waals surface area contributed by atoms with Gasteiger partial charge in [-0.1, -0.05) is 66.7 Å². The van der Waals surface area contributed by atoms with E-state index >= 15 is 0 Å². The maximum absolute atomic E-state index is 6.33. The number of ether oxygens (including phenoxy) is 6. The van der Waals surface area contributed by atoms with E-state index in [2.05, 4.69) is 48.5 Å². The zero-order valence-electron chi connectivity index (χ0n) is 23.7. The molecule has 6 nitrogen and oxygen atoms in total. The van der Waals surface area contributed by atoms with Crippen LogP contribution in [0.15, 0.2) is 91.0 Å². The third-order valence-electron chi connectivity index (χ3n) is 8.25. The van der Waals surface area contributed by atoms with E-state index in [0.29, 0.717) is 31.3 Å². The van der Waals surface area contributed by atoms with E-state index in [4.69, 9.17) is 28.4 Å². The van der Waals surface area contributed by atoms with Crippen molar-refractivity contribution in [1.29, 1.82) is 0 Å². The Morgan fingerprint density at radius 2 is 1.29 bits per heavy atom. The van der Waals surface area contributed by atoms with Crippen LogP contribution in [-0.2, 0) is 29.1 Å². The van der Waals surface area contributed by atoms with Crippen molar-refractivity contribution < 1.29 is 28.4 Å². The molecule has 41 heavy (non-hydrogen) atoms. The van der Waals surface area contributed by atoms with Crippen molar-refractivity contribution in [3.8, 4) is 23.0 Å². The lowest BCUT2D eigenvalue weighted by molar-refractivity contribution is -0.110. The molecule has 1 fully saturated rings. The number of hydrogen-bond donors (Lipinski definition) is 0. The summed E-state index contributed by atoms with van der Waals surface area (Å²) in [6.45, 7) is 1.55. The molecule has 0 spiro atoms. The molecule has 6 heteroatoms. The SMILES string of the molecule is COc1cc([C@H]2c3cc(OCc4ccccc4)c(OC)cc3C[C@H]3[C@@H](OC)OC[C@H]23)ccc1OCc1ccccc1. The van der Waals surface area contributed by atoms with Crippen molar-refractivity contribution in [2.24, 2.45) is 11.8 Å². The highest BCUT2D eigenvalue weighted by atomic mass is 16.7. The zero-order chi connectivity index (χ0) is 28.2. The summed E-state index contributed by atoms with van der Waals surface area (Å²) in [5, 5.41) is 0. The summed E-state index contributed by atoms with van der Waals surface area (Å²) in [5.41, 5.74) is 5.79. The molecule has 0 saturated carbocycles. The number of rotatable bonds is 10. The molecule has 0 aromatic heterocycles. The van der Waals surface area contributed by atoms with Gasteiger partial charge in [0.05, 0.1) is 20.8 Å². The predicted octanol–water partition coefficient (Wildman–Crippen LogP) is 6.78. The van der Waals surface area contributed by atoms with Crippen molar-refractivity contribution in [1.82, 2.24) is 0 Å². The van der Waals surface area contributed by atoms with E-state index in [-0.39, 0.29) is 24.0 Å². The lowest BCUT2D eigenvalue weighted by Gasteiger charge is -2.37. The fraction of sp³-hybridized carbons (Fsp3) is 0.314. The molecular formula is C35H36O6. The van der Waals surface area contributed by atoms with Gasteiger partial charge in [0, 0.05) is 24.9 Å². The Hall–Kier alpha value is -4.00. The first kappa shape index (κ1) is 27.2. The fourth-order valence-corrected chi connectivity index (χ4v) is 6.22. The van der Waals surface area contributed by atoms with Crippen LogP contribution in [0.25, 0.3) is 0 Å². The smallest absolute Gasteiger partial charge is 0.161 e. The van der Waals surface area contributed by atoms with Gasteiger partial charge in [0.25, 0.3) is 0 Å². The molecule has 1 saturated heterocycles. The van der Waals surface area contributed by atoms with Crippen LogP contribution in [0.1, 0.15) is 33.7 Å². The van der Waals surface area contributed by atoms with Gasteiger partial charge in [-0.2, -0.15) is 0 Å². The Labute approximate surface area is 241 Å². The summed E-state index contributed by atoms with van der Waals surface area (Å²) in [6.07, 6.45) is 0.603. The minimum atomic E-state index is -0.244. The Balaban J connectivity index is 1.36. The van der Waals surface area contributed by atoms with Gasteiger partial charge in [0.1, 0.15) is 13.2 Å². The molecule has 4 aromatic carbocycles. The summed E-state index contributed by atoms with van der Waals surface area (Å²) in [5.74, 6) is 3.40. The molecule has 4 aromatic rings. The first-order valence-corrected chi connectivity index (χ1v) is 14.0. The van der Waals surface area contributed by atoms with Crippen LogP contribution in [0.2, 0.25) is 0 Å². The summed E-state index contributed by atoms with van der Waals surface area (Å²) in [6, 6.07) is 30.9. The van der Waals surface area contributed by atoms with Crippen LogP contribution in [0.5, 0.6) is 23.0 Å². The molecule has 0 radical (unpaired) electrons. The molecule has 1 aliphatic carbocycles. The van der Waals surface area contributed by atoms with E-state index in [9.17, 15) is 0 Å². The summed E-state index contributed by atoms with van der Waals surface area (Å²) in [7, 11) is 5.10. The lowest BCUT2D eigenvalue weighted by Crippen LogP contribution is -2.33. The van der Waals surface area contributed by atoms with Gasteiger partial charge in [-0.15, -0.1) is 0 Å². The molecule has 212 valence electrons. The van der Waals surface area contributed by atoms with Crippen LogP contribution in [0.4, 0.5) is 0 Å². The maximum Gasteiger partial charge on any atom is 0.161 e. The van der Waals surface area contributed by atoms with Crippen LogP contribution in [0.3, 0.4) is 0 Å². The second-order valence-corrected chi connectivity index (χ2v) is 10.6. The van der Waals surface area contributed by atoms with E-state index < -0.39 is 0 Å². The normalized spacial score (nSPS) is 21.0. The van der Waals surface area contributed by atoms with E-state index in [1.165, 1.54) is 11.1 Å². The molecule has 6 rings (SSSR count). The van der Waals surface area contributed by atoms with Crippen LogP contribution >= 0.6 is 0 Å². The Kier molecular flexibility index (Phi) is 8.12. The van der Waals surface area contributed by atoms with E-state index in [1.54, 1.807) is 21.3 Å². The molecule has 0 amide bonds. The van der Waals surface area contributed by atoms with Crippen molar-refractivity contribution in [3.05, 3.63) is 119 Å². The van der Waals surface area contributed by atoms with E-state index in [1.807, 2.05) is 42.5 Å². The Morgan fingerprint density at radius 1 is 0.659 bits per heavy atom. The maximum atomic E-state index is 6.33. The van der Waals surface area contributed by atoms with Crippen molar-refractivity contribution >= 4 is 0 Å². The first-order chi connectivity index (χ1) is 20.2. The summed E-state index contributed by atoms with van der Waals surface area (Å²) >= 11 is 0. The standard InChI is InChI=1S/C35H36O6/c1-36-31-17-25(14-15-30(31)39-20-23-10-6-4-7-11-23)34-27-19-33(40-21-24-12-8-5-9-13-24)32(37-2)18-26(27)16-28-29(34)22-41-35(28)38-3/h4-15,17-19,28-29,34-35H,16,20-22H2,1-3H3/t28-,29+,34+,35+/m1/s1. The number of hydrogen-bond acceptors (Lipinski definition) is 6. The zero-order valence-corrected chi connectivity index (χ0v) is 23.7. The monoisotopic (exact) mass is 552 g/mol. The second-order valence-electron chi connectivity index (χ2n) is 10.6. The van der Waals surface area contributed by atoms with Gasteiger partial charge in [-0.05, 0) is 58.5 Å². The van der Waals surface area contributed by atoms with E-state index in [0.717, 1.165) is 34.6 Å². The quantitative estimate of drug-likeness (QED) is 0.216. The van der Waals surface area contributed by atoms with Crippen molar-refractivity contribution in [2.75, 3.05) is 27.9 Å². The molecule has 2 aliphatic rings. The highest BCUT2D eigenvalue weighted by molar-refractivity contribution is 5.54. The molecule has 0 N–H and O–H groups in total. The topological polar surface area (TPSA) is 55.4 Å². The van der Waals surface area contributed by atoms with Crippen LogP contribution < -0.4 is 18.9 Å². The molecule has 1 aliphatic heterocycles. The predicted molar refractivity (Wildman–Crippen MR) is 157 cm³/mol. The van der Waals surface area contributed by atoms with Crippen LogP contribution in [-0.4, -0.2) is 34.2 Å². The minimum Gasteiger partial charge on any atom is -0.493 e. The first-order valence-electron chi connectivity index (χ1n) is 14.0. The number of fused-ring (bicyclic) bond motifs is 2. The molecule has 0 unspecified atom stereocenters. The van der Waals surface area contributed by atoms with Gasteiger partial charge in [-0.3, -0.25) is 0 Å². The molecule has 0 bridgehead atoms. The molecular weight excluding hydrogens is 516 g/mol. The summed E-state index contributed by atoms with van der Waals surface area (Å²) in [4.78, 5) is 0. The third-order valence-corrected chi connectivity index (χ3v) is 8.25. The van der Waals surface area contributed by atoms with Gasteiger partial charge in [-0.25, -0.2) is 0 Å². The fourth-order valence-electron chi connectivity index (χ4n) is 6.22. The van der Waals surface area contributed by atoms with Gasteiger partial charge in [0.15, 0.2) is 29.3 Å². The van der Waals surface area contributed by atoms with Crippen LogP contribution in [0, 0.1) is 11.8 Å². The number of methoxy groups -OCH3 is 3. The Morgan fingerprint density at radius 3 is 1.93 bits per heavy atom. The average Bonchev–Trinajstić information content (AvgIpc) is 3.44.